The Morgan fingerprint density at radius 2 is 2.04 bits per heavy atom. The molecule has 0 fully saturated rings. The fraction of sp³-hybridized carbons (Fsp3) is 0.190. The highest BCUT2D eigenvalue weighted by Gasteiger charge is 2.20. The number of hydrogen-bond donors (Lipinski definition) is 1. The van der Waals surface area contributed by atoms with E-state index in [-0.39, 0.29) is 12.4 Å². The first-order chi connectivity index (χ1) is 12.6. The van der Waals surface area contributed by atoms with Crippen LogP contribution in [-0.4, -0.2) is 29.2 Å². The molecule has 2 aromatic rings. The quantitative estimate of drug-likeness (QED) is 0.839. The molecule has 0 saturated heterocycles. The predicted molar refractivity (Wildman–Crippen MR) is 99.5 cm³/mol. The molecule has 0 aromatic heterocycles. The zero-order chi connectivity index (χ0) is 18.5. The average molecular weight is 353 g/mol. The average Bonchev–Trinajstić information content (AvgIpc) is 2.67. The summed E-state index contributed by atoms with van der Waals surface area (Å²) in [5.74, 6) is -0.272. The van der Waals surface area contributed by atoms with E-state index in [2.05, 4.69) is 6.58 Å². The van der Waals surface area contributed by atoms with Gasteiger partial charge in [0.15, 0.2) is 11.6 Å². The zero-order valence-electron chi connectivity index (χ0n) is 14.3. The minimum absolute atomic E-state index is 0.177. The number of halogens is 1. The number of hydrogen-bond acceptors (Lipinski definition) is 2. The topological polar surface area (TPSA) is 49.8 Å². The zero-order valence-corrected chi connectivity index (χ0v) is 14.3. The third kappa shape index (κ3) is 3.77. The largest absolute Gasteiger partial charge is 0.486 e. The van der Waals surface area contributed by atoms with Crippen molar-refractivity contribution in [2.24, 2.45) is 0 Å². The SMILES string of the molecule is C=Cc1c(C2=CCN(C(=O)O)CC2)ccc(OCc2ccccc2)c1F. The number of carbonyl (C=O) groups is 1. The lowest BCUT2D eigenvalue weighted by Crippen LogP contribution is -2.33. The van der Waals surface area contributed by atoms with Crippen LogP contribution in [0, 0.1) is 5.82 Å². The fourth-order valence-electron chi connectivity index (χ4n) is 2.99. The second kappa shape index (κ2) is 7.87. The van der Waals surface area contributed by atoms with Crippen molar-refractivity contribution in [2.45, 2.75) is 13.0 Å². The minimum Gasteiger partial charge on any atom is -0.486 e. The molecule has 4 nitrogen and oxygen atoms in total. The number of benzene rings is 2. The van der Waals surface area contributed by atoms with E-state index in [1.165, 1.54) is 11.0 Å². The van der Waals surface area contributed by atoms with Crippen LogP contribution in [0.5, 0.6) is 5.75 Å². The van der Waals surface area contributed by atoms with Gasteiger partial charge in [-0.05, 0) is 29.2 Å². The minimum atomic E-state index is -0.944. The maximum absolute atomic E-state index is 14.9. The first-order valence-corrected chi connectivity index (χ1v) is 8.39. The fourth-order valence-corrected chi connectivity index (χ4v) is 2.99. The van der Waals surface area contributed by atoms with E-state index in [4.69, 9.17) is 9.84 Å². The van der Waals surface area contributed by atoms with E-state index in [9.17, 15) is 9.18 Å². The number of nitrogens with zero attached hydrogens (tertiary/aromatic N) is 1. The van der Waals surface area contributed by atoms with Crippen molar-refractivity contribution in [1.29, 1.82) is 0 Å². The summed E-state index contributed by atoms with van der Waals surface area (Å²) in [4.78, 5) is 12.3. The second-order valence-electron chi connectivity index (χ2n) is 6.03. The van der Waals surface area contributed by atoms with Crippen LogP contribution >= 0.6 is 0 Å². The highest BCUT2D eigenvalue weighted by atomic mass is 19.1. The molecule has 0 saturated carbocycles. The molecule has 1 N–H and O–H groups in total. The van der Waals surface area contributed by atoms with E-state index in [1.54, 1.807) is 6.07 Å². The Labute approximate surface area is 151 Å². The molecule has 0 spiro atoms. The Hall–Kier alpha value is -3.08. The summed E-state index contributed by atoms with van der Waals surface area (Å²) in [7, 11) is 0. The predicted octanol–water partition coefficient (Wildman–Crippen LogP) is 4.81. The van der Waals surface area contributed by atoms with Gasteiger partial charge >= 0.3 is 6.09 Å². The van der Waals surface area contributed by atoms with Crippen LogP contribution < -0.4 is 4.74 Å². The van der Waals surface area contributed by atoms with Crippen LogP contribution in [0.4, 0.5) is 9.18 Å². The molecule has 1 aliphatic rings. The van der Waals surface area contributed by atoms with E-state index in [0.29, 0.717) is 25.1 Å². The number of carboxylic acid groups (broad SMARTS) is 1. The molecule has 0 unspecified atom stereocenters. The van der Waals surface area contributed by atoms with Crippen LogP contribution in [0.2, 0.25) is 0 Å². The molecular weight excluding hydrogens is 333 g/mol. The van der Waals surface area contributed by atoms with Crippen molar-refractivity contribution in [1.82, 2.24) is 4.90 Å². The van der Waals surface area contributed by atoms with Crippen molar-refractivity contribution < 1.29 is 19.0 Å². The monoisotopic (exact) mass is 353 g/mol. The summed E-state index contributed by atoms with van der Waals surface area (Å²) >= 11 is 0. The summed E-state index contributed by atoms with van der Waals surface area (Å²) < 4.78 is 20.5. The molecule has 1 heterocycles. The lowest BCUT2D eigenvalue weighted by molar-refractivity contribution is 0.150. The number of ether oxygens (including phenoxy) is 1. The molecule has 0 radical (unpaired) electrons. The maximum Gasteiger partial charge on any atom is 0.407 e. The van der Waals surface area contributed by atoms with Gasteiger partial charge in [0.05, 0.1) is 0 Å². The third-order valence-corrected chi connectivity index (χ3v) is 4.41. The van der Waals surface area contributed by atoms with Crippen LogP contribution in [0.1, 0.15) is 23.1 Å². The van der Waals surface area contributed by atoms with Gasteiger partial charge in [-0.2, -0.15) is 0 Å². The van der Waals surface area contributed by atoms with Crippen molar-refractivity contribution in [3.8, 4) is 5.75 Å². The summed E-state index contributed by atoms with van der Waals surface area (Å²) in [6.45, 7) is 4.70. The van der Waals surface area contributed by atoms with Gasteiger partial charge < -0.3 is 14.7 Å². The molecule has 5 heteroatoms. The molecule has 0 atom stereocenters. The molecule has 1 aliphatic heterocycles. The summed E-state index contributed by atoms with van der Waals surface area (Å²) in [5, 5.41) is 9.03. The van der Waals surface area contributed by atoms with E-state index in [1.807, 2.05) is 42.5 Å². The first kappa shape index (κ1) is 17.7. The highest BCUT2D eigenvalue weighted by molar-refractivity contribution is 5.77. The van der Waals surface area contributed by atoms with Crippen LogP contribution in [0.3, 0.4) is 0 Å². The van der Waals surface area contributed by atoms with Gasteiger partial charge in [0.1, 0.15) is 6.61 Å². The normalized spacial score (nSPS) is 13.9. The molecule has 0 bridgehead atoms. The van der Waals surface area contributed by atoms with Crippen molar-refractivity contribution in [3.63, 3.8) is 0 Å². The number of amides is 1. The van der Waals surface area contributed by atoms with Gasteiger partial charge in [0.25, 0.3) is 0 Å². The van der Waals surface area contributed by atoms with Crippen LogP contribution in [0.15, 0.2) is 55.1 Å². The Bertz CT molecular complexity index is 846. The molecule has 26 heavy (non-hydrogen) atoms. The first-order valence-electron chi connectivity index (χ1n) is 8.39. The standard InChI is InChI=1S/C21H20FNO3/c1-2-17-18(16-10-12-23(13-11-16)21(24)25)8-9-19(20(17)22)26-14-15-6-4-3-5-7-15/h2-10H,1,11-14H2,(H,24,25). The Morgan fingerprint density at radius 3 is 2.65 bits per heavy atom. The molecule has 134 valence electrons. The van der Waals surface area contributed by atoms with E-state index in [0.717, 1.165) is 16.7 Å². The van der Waals surface area contributed by atoms with Gasteiger partial charge in [-0.3, -0.25) is 0 Å². The molecule has 3 rings (SSSR count). The van der Waals surface area contributed by atoms with Crippen molar-refractivity contribution in [3.05, 3.63) is 77.6 Å². The van der Waals surface area contributed by atoms with E-state index < -0.39 is 11.9 Å². The number of rotatable bonds is 5. The highest BCUT2D eigenvalue weighted by Crippen LogP contribution is 2.32. The summed E-state index contributed by atoms with van der Waals surface area (Å²) in [6, 6.07) is 13.0. The van der Waals surface area contributed by atoms with Gasteiger partial charge in [0.2, 0.25) is 0 Å². The Balaban J connectivity index is 1.82. The van der Waals surface area contributed by atoms with Crippen LogP contribution in [0.25, 0.3) is 11.6 Å². The lowest BCUT2D eigenvalue weighted by atomic mass is 9.94. The maximum atomic E-state index is 14.9. The second-order valence-corrected chi connectivity index (χ2v) is 6.03. The summed E-state index contributed by atoms with van der Waals surface area (Å²) in [5.41, 5.74) is 2.99. The van der Waals surface area contributed by atoms with Crippen molar-refractivity contribution >= 4 is 17.7 Å². The van der Waals surface area contributed by atoms with Gasteiger partial charge in [-0.25, -0.2) is 9.18 Å². The molecule has 2 aromatic carbocycles. The Morgan fingerprint density at radius 1 is 1.27 bits per heavy atom. The van der Waals surface area contributed by atoms with Gasteiger partial charge in [0, 0.05) is 18.7 Å². The van der Waals surface area contributed by atoms with Crippen LogP contribution in [-0.2, 0) is 6.61 Å². The Kier molecular flexibility index (Phi) is 5.37. The third-order valence-electron chi connectivity index (χ3n) is 4.41. The molecule has 1 amide bonds. The van der Waals surface area contributed by atoms with Gasteiger partial charge in [-0.15, -0.1) is 0 Å². The van der Waals surface area contributed by atoms with E-state index >= 15 is 0 Å². The molecular formula is C21H20FNO3. The van der Waals surface area contributed by atoms with Gasteiger partial charge in [-0.1, -0.05) is 55.1 Å². The lowest BCUT2D eigenvalue weighted by Gasteiger charge is -2.25. The van der Waals surface area contributed by atoms with Crippen molar-refractivity contribution in [2.75, 3.05) is 13.1 Å². The summed E-state index contributed by atoms with van der Waals surface area (Å²) in [6.07, 6.45) is 2.89. The smallest absolute Gasteiger partial charge is 0.407 e. The molecule has 0 aliphatic carbocycles.